The molecule has 1 amide bonds. The molecule has 0 unspecified atom stereocenters. The third kappa shape index (κ3) is 2.94. The number of hydrogen-bond acceptors (Lipinski definition) is 3. The van der Waals surface area contributed by atoms with Crippen molar-refractivity contribution in [3.05, 3.63) is 53.0 Å². The predicted molar refractivity (Wildman–Crippen MR) is 79.5 cm³/mol. The van der Waals surface area contributed by atoms with Crippen molar-refractivity contribution in [3.63, 3.8) is 0 Å². The van der Waals surface area contributed by atoms with E-state index in [1.807, 2.05) is 19.1 Å². The van der Waals surface area contributed by atoms with Crippen molar-refractivity contribution in [2.45, 2.75) is 26.9 Å². The van der Waals surface area contributed by atoms with Gasteiger partial charge in [0, 0.05) is 13.1 Å². The maximum Gasteiger partial charge on any atom is 0.289 e. The molecule has 2 aromatic rings. The molecule has 0 N–H and O–H groups in total. The molecule has 0 bridgehead atoms. The molecule has 110 valence electrons. The number of ether oxygens (including phenoxy) is 1. The number of nitrogens with zero attached hydrogens (tertiary/aromatic N) is 1. The maximum atomic E-state index is 12.0. The first-order chi connectivity index (χ1) is 10.1. The lowest BCUT2D eigenvalue weighted by Gasteiger charge is -2.29. The third-order valence-corrected chi connectivity index (χ3v) is 3.72. The molecule has 0 aliphatic carbocycles. The Morgan fingerprint density at radius 1 is 1.24 bits per heavy atom. The summed E-state index contributed by atoms with van der Waals surface area (Å²) >= 11 is 0. The minimum atomic E-state index is -0.0287. The molecule has 0 radical (unpaired) electrons. The number of likely N-dealkylation sites (tertiary alicyclic amines) is 1. The lowest BCUT2D eigenvalue weighted by molar-refractivity contribution is 0.0615. The molecule has 3 rings (SSSR count). The maximum absolute atomic E-state index is 12.0. The summed E-state index contributed by atoms with van der Waals surface area (Å²) < 4.78 is 11.3. The lowest BCUT2D eigenvalue weighted by atomic mass is 10.1. The molecular formula is C17H19NO3. The molecule has 2 heterocycles. The van der Waals surface area contributed by atoms with Crippen LogP contribution in [-0.4, -0.2) is 23.9 Å². The Hall–Kier alpha value is -2.23. The molecule has 1 aliphatic rings. The number of carbonyl (C=O) groups excluding carboxylic acids is 1. The van der Waals surface area contributed by atoms with Crippen molar-refractivity contribution in [3.8, 4) is 5.75 Å². The molecule has 0 atom stereocenters. The Morgan fingerprint density at radius 2 is 2.05 bits per heavy atom. The van der Waals surface area contributed by atoms with Crippen molar-refractivity contribution in [2.75, 3.05) is 13.1 Å². The van der Waals surface area contributed by atoms with Crippen LogP contribution in [0.5, 0.6) is 5.75 Å². The second-order valence-electron chi connectivity index (χ2n) is 5.47. The van der Waals surface area contributed by atoms with Crippen molar-refractivity contribution in [1.29, 1.82) is 0 Å². The quantitative estimate of drug-likeness (QED) is 0.865. The summed E-state index contributed by atoms with van der Waals surface area (Å²) in [6.07, 6.45) is 1.08. The Bertz CT molecular complexity index is 656. The van der Waals surface area contributed by atoms with Gasteiger partial charge in [0.1, 0.15) is 18.1 Å². The van der Waals surface area contributed by atoms with Gasteiger partial charge < -0.3 is 14.1 Å². The minimum absolute atomic E-state index is 0.0287. The van der Waals surface area contributed by atoms with E-state index in [0.29, 0.717) is 18.1 Å². The van der Waals surface area contributed by atoms with Gasteiger partial charge in [-0.3, -0.25) is 4.79 Å². The van der Waals surface area contributed by atoms with Gasteiger partial charge in [0.25, 0.3) is 5.91 Å². The van der Waals surface area contributed by atoms with Crippen LogP contribution in [0, 0.1) is 13.8 Å². The summed E-state index contributed by atoms with van der Waals surface area (Å²) in [5.74, 6) is 1.87. The second kappa shape index (κ2) is 5.64. The highest BCUT2D eigenvalue weighted by Crippen LogP contribution is 2.21. The van der Waals surface area contributed by atoms with E-state index in [9.17, 15) is 4.79 Å². The Labute approximate surface area is 124 Å². The number of aryl methyl sites for hydroxylation is 2. The van der Waals surface area contributed by atoms with Gasteiger partial charge >= 0.3 is 0 Å². The van der Waals surface area contributed by atoms with Crippen LogP contribution in [0.4, 0.5) is 0 Å². The van der Waals surface area contributed by atoms with Gasteiger partial charge in [0.2, 0.25) is 0 Å². The molecule has 1 aliphatic heterocycles. The third-order valence-electron chi connectivity index (χ3n) is 3.72. The zero-order valence-electron chi connectivity index (χ0n) is 12.4. The summed E-state index contributed by atoms with van der Waals surface area (Å²) in [6, 6.07) is 9.58. The van der Waals surface area contributed by atoms with E-state index in [-0.39, 0.29) is 5.91 Å². The predicted octanol–water partition coefficient (Wildman–Crippen LogP) is 3.32. The van der Waals surface area contributed by atoms with Gasteiger partial charge in [-0.1, -0.05) is 17.7 Å². The summed E-state index contributed by atoms with van der Waals surface area (Å²) in [7, 11) is 0. The van der Waals surface area contributed by atoms with Crippen LogP contribution in [0.1, 0.15) is 33.9 Å². The fraction of sp³-hybridized carbons (Fsp3) is 0.353. The highest BCUT2D eigenvalue weighted by Gasteiger charge is 2.24. The first-order valence-corrected chi connectivity index (χ1v) is 7.21. The molecule has 4 heteroatoms. The normalized spacial score (nSPS) is 13.9. The average molecular weight is 285 g/mol. The van der Waals surface area contributed by atoms with Gasteiger partial charge in [-0.15, -0.1) is 0 Å². The number of hydrogen-bond donors (Lipinski definition) is 0. The van der Waals surface area contributed by atoms with E-state index < -0.39 is 0 Å². The average Bonchev–Trinajstić information content (AvgIpc) is 2.84. The SMILES string of the molecule is Cc1ccc(OCc2ccc(C(=O)N3CCC3)o2)c(C)c1. The Kier molecular flexibility index (Phi) is 3.69. The van der Waals surface area contributed by atoms with Crippen LogP contribution in [-0.2, 0) is 6.61 Å². The molecule has 1 aromatic carbocycles. The van der Waals surface area contributed by atoms with E-state index in [4.69, 9.17) is 9.15 Å². The molecule has 1 aromatic heterocycles. The number of benzene rings is 1. The number of furan rings is 1. The Balaban J connectivity index is 1.63. The zero-order valence-corrected chi connectivity index (χ0v) is 12.4. The molecule has 1 saturated heterocycles. The summed E-state index contributed by atoms with van der Waals surface area (Å²) in [5, 5.41) is 0. The number of carbonyl (C=O) groups is 1. The standard InChI is InChI=1S/C17H19NO3/c1-12-4-6-15(13(2)10-12)20-11-14-5-7-16(21-14)17(19)18-8-3-9-18/h4-7,10H,3,8-9,11H2,1-2H3. The van der Waals surface area contributed by atoms with E-state index in [1.54, 1.807) is 17.0 Å². The van der Waals surface area contributed by atoms with Crippen molar-refractivity contribution < 1.29 is 13.9 Å². The largest absolute Gasteiger partial charge is 0.485 e. The van der Waals surface area contributed by atoms with Crippen LogP contribution in [0.2, 0.25) is 0 Å². The van der Waals surface area contributed by atoms with Gasteiger partial charge in [0.05, 0.1) is 0 Å². The van der Waals surface area contributed by atoms with Gasteiger partial charge in [0.15, 0.2) is 5.76 Å². The highest BCUT2D eigenvalue weighted by molar-refractivity contribution is 5.92. The molecule has 1 fully saturated rings. The van der Waals surface area contributed by atoms with Crippen LogP contribution >= 0.6 is 0 Å². The summed E-state index contributed by atoms with van der Waals surface area (Å²) in [6.45, 7) is 6.05. The van der Waals surface area contributed by atoms with E-state index >= 15 is 0 Å². The monoisotopic (exact) mass is 285 g/mol. The first-order valence-electron chi connectivity index (χ1n) is 7.21. The highest BCUT2D eigenvalue weighted by atomic mass is 16.5. The van der Waals surface area contributed by atoms with Crippen LogP contribution in [0.25, 0.3) is 0 Å². The van der Waals surface area contributed by atoms with E-state index in [1.165, 1.54) is 5.56 Å². The fourth-order valence-electron chi connectivity index (χ4n) is 2.36. The smallest absolute Gasteiger partial charge is 0.289 e. The summed E-state index contributed by atoms with van der Waals surface area (Å²) in [5.41, 5.74) is 2.30. The van der Waals surface area contributed by atoms with E-state index in [2.05, 4.69) is 13.0 Å². The Morgan fingerprint density at radius 3 is 2.71 bits per heavy atom. The van der Waals surface area contributed by atoms with Crippen molar-refractivity contribution >= 4 is 5.91 Å². The second-order valence-corrected chi connectivity index (χ2v) is 5.47. The molecular weight excluding hydrogens is 266 g/mol. The van der Waals surface area contributed by atoms with Crippen LogP contribution < -0.4 is 4.74 Å². The van der Waals surface area contributed by atoms with Crippen molar-refractivity contribution in [2.24, 2.45) is 0 Å². The molecule has 21 heavy (non-hydrogen) atoms. The minimum Gasteiger partial charge on any atom is -0.485 e. The number of rotatable bonds is 4. The fourth-order valence-corrected chi connectivity index (χ4v) is 2.36. The molecule has 0 spiro atoms. The first kappa shape index (κ1) is 13.7. The van der Waals surface area contributed by atoms with Crippen LogP contribution in [0.3, 0.4) is 0 Å². The molecule has 4 nitrogen and oxygen atoms in total. The van der Waals surface area contributed by atoms with Gasteiger partial charge in [-0.2, -0.15) is 0 Å². The number of amides is 1. The van der Waals surface area contributed by atoms with Crippen molar-refractivity contribution in [1.82, 2.24) is 4.90 Å². The summed E-state index contributed by atoms with van der Waals surface area (Å²) in [4.78, 5) is 13.8. The van der Waals surface area contributed by atoms with Gasteiger partial charge in [-0.05, 0) is 44.0 Å². The van der Waals surface area contributed by atoms with Gasteiger partial charge in [-0.25, -0.2) is 0 Å². The topological polar surface area (TPSA) is 42.7 Å². The van der Waals surface area contributed by atoms with Crippen LogP contribution in [0.15, 0.2) is 34.7 Å². The molecule has 0 saturated carbocycles. The zero-order chi connectivity index (χ0) is 14.8. The lowest BCUT2D eigenvalue weighted by Crippen LogP contribution is -2.41. The van der Waals surface area contributed by atoms with E-state index in [0.717, 1.165) is 30.8 Å².